The summed E-state index contributed by atoms with van der Waals surface area (Å²) in [5, 5.41) is 2.83. The molecule has 10 heteroatoms. The Labute approximate surface area is 230 Å². The molecule has 0 radical (unpaired) electrons. The van der Waals surface area contributed by atoms with E-state index in [4.69, 9.17) is 9.47 Å². The van der Waals surface area contributed by atoms with Crippen molar-refractivity contribution in [2.75, 3.05) is 37.9 Å². The van der Waals surface area contributed by atoms with Crippen molar-refractivity contribution in [2.45, 2.75) is 25.9 Å². The minimum absolute atomic E-state index is 0.112. The number of ether oxygens (including phenoxy) is 2. The van der Waals surface area contributed by atoms with Gasteiger partial charge in [-0.2, -0.15) is 0 Å². The molecular formula is C29H35N3O6S. The Morgan fingerprint density at radius 2 is 1.51 bits per heavy atom. The van der Waals surface area contributed by atoms with E-state index in [0.717, 1.165) is 21.7 Å². The smallest absolute Gasteiger partial charge is 0.244 e. The van der Waals surface area contributed by atoms with Crippen LogP contribution in [0, 0.1) is 0 Å². The molecule has 3 rings (SSSR count). The maximum absolute atomic E-state index is 14.0. The third-order valence-electron chi connectivity index (χ3n) is 6.15. The number of hydrogen-bond donors (Lipinski definition) is 1. The Bertz CT molecular complexity index is 1350. The Morgan fingerprint density at radius 1 is 0.897 bits per heavy atom. The molecular weight excluding hydrogens is 518 g/mol. The summed E-state index contributed by atoms with van der Waals surface area (Å²) in [6.45, 7) is 1.76. The summed E-state index contributed by atoms with van der Waals surface area (Å²) >= 11 is 0. The summed E-state index contributed by atoms with van der Waals surface area (Å²) in [4.78, 5) is 28.8. The highest BCUT2D eigenvalue weighted by molar-refractivity contribution is 7.92. The second kappa shape index (κ2) is 13.7. The maximum atomic E-state index is 14.0. The number of likely N-dealkylation sites (N-methyl/N-ethyl adjacent to an activating group) is 1. The molecule has 9 nitrogen and oxygen atoms in total. The molecule has 0 bridgehead atoms. The van der Waals surface area contributed by atoms with Crippen molar-refractivity contribution in [1.82, 2.24) is 10.2 Å². The first kappa shape index (κ1) is 29.5. The first-order valence-electron chi connectivity index (χ1n) is 12.5. The summed E-state index contributed by atoms with van der Waals surface area (Å²) in [5.41, 5.74) is 1.83. The molecule has 0 aliphatic rings. The molecule has 1 N–H and O–H groups in total. The third kappa shape index (κ3) is 7.97. The molecule has 0 saturated carbocycles. The van der Waals surface area contributed by atoms with E-state index in [2.05, 4.69) is 5.32 Å². The maximum Gasteiger partial charge on any atom is 0.244 e. The van der Waals surface area contributed by atoms with E-state index in [1.54, 1.807) is 19.1 Å². The van der Waals surface area contributed by atoms with Gasteiger partial charge in [-0.1, -0.05) is 60.7 Å². The number of rotatable bonds is 13. The highest BCUT2D eigenvalue weighted by atomic mass is 32.2. The molecule has 0 spiro atoms. The van der Waals surface area contributed by atoms with Crippen molar-refractivity contribution in [2.24, 2.45) is 0 Å². The molecule has 0 aliphatic carbocycles. The number of amides is 2. The van der Waals surface area contributed by atoms with Gasteiger partial charge < -0.3 is 19.7 Å². The predicted molar refractivity (Wildman–Crippen MR) is 151 cm³/mol. The summed E-state index contributed by atoms with van der Waals surface area (Å²) in [6, 6.07) is 22.5. The fraction of sp³-hybridized carbons (Fsp3) is 0.310. The van der Waals surface area contributed by atoms with Gasteiger partial charge in [0.2, 0.25) is 21.8 Å². The van der Waals surface area contributed by atoms with Gasteiger partial charge in [-0.15, -0.1) is 0 Å². The van der Waals surface area contributed by atoms with Gasteiger partial charge in [0.05, 0.1) is 26.2 Å². The van der Waals surface area contributed by atoms with Crippen LogP contribution in [-0.4, -0.2) is 64.7 Å². The minimum atomic E-state index is -3.94. The topological polar surface area (TPSA) is 105 Å². The van der Waals surface area contributed by atoms with Gasteiger partial charge in [0.25, 0.3) is 0 Å². The molecule has 0 heterocycles. The van der Waals surface area contributed by atoms with Crippen LogP contribution in [0.1, 0.15) is 18.1 Å². The molecule has 0 aliphatic heterocycles. The minimum Gasteiger partial charge on any atom is -0.497 e. The Hall–Kier alpha value is -4.05. The molecule has 3 aromatic carbocycles. The van der Waals surface area contributed by atoms with Crippen molar-refractivity contribution in [3.05, 3.63) is 90.0 Å². The molecule has 208 valence electrons. The summed E-state index contributed by atoms with van der Waals surface area (Å²) in [6.07, 6.45) is 1.28. The Balaban J connectivity index is 2.07. The zero-order chi connectivity index (χ0) is 28.4. The molecule has 3 aromatic rings. The lowest BCUT2D eigenvalue weighted by atomic mass is 10.0. The van der Waals surface area contributed by atoms with Crippen LogP contribution in [0.25, 0.3) is 0 Å². The van der Waals surface area contributed by atoms with Crippen LogP contribution in [0.5, 0.6) is 11.5 Å². The Kier molecular flexibility index (Phi) is 10.3. The van der Waals surface area contributed by atoms with E-state index in [1.165, 1.54) is 25.2 Å². The van der Waals surface area contributed by atoms with Gasteiger partial charge in [0, 0.05) is 25.6 Å². The standard InChI is InChI=1S/C29H35N3O6S/c1-5-30-29(34)26(18-22-12-8-6-9-13-22)31(20-23-14-10-7-11-15-23)28(33)21-32(39(4,35)36)25-19-24(37-2)16-17-27(25)38-3/h6-17,19,26H,5,18,20-21H2,1-4H3,(H,30,34)/t26-/m1/s1. The van der Waals surface area contributed by atoms with Crippen molar-refractivity contribution in [1.29, 1.82) is 0 Å². The van der Waals surface area contributed by atoms with Crippen LogP contribution >= 0.6 is 0 Å². The number of anilines is 1. The number of hydrogen-bond acceptors (Lipinski definition) is 6. The normalized spacial score (nSPS) is 11.8. The van der Waals surface area contributed by atoms with E-state index in [9.17, 15) is 18.0 Å². The second-order valence-corrected chi connectivity index (χ2v) is 10.8. The monoisotopic (exact) mass is 553 g/mol. The zero-order valence-electron chi connectivity index (χ0n) is 22.7. The molecule has 0 saturated heterocycles. The quantitative estimate of drug-likeness (QED) is 0.349. The van der Waals surface area contributed by atoms with Gasteiger partial charge in [0.1, 0.15) is 24.1 Å². The fourth-order valence-electron chi connectivity index (χ4n) is 4.21. The summed E-state index contributed by atoms with van der Waals surface area (Å²) in [7, 11) is -1.06. The predicted octanol–water partition coefficient (Wildman–Crippen LogP) is 3.25. The molecule has 2 amide bonds. The molecule has 39 heavy (non-hydrogen) atoms. The lowest BCUT2D eigenvalue weighted by molar-refractivity contribution is -0.140. The lowest BCUT2D eigenvalue weighted by Gasteiger charge is -2.33. The SMILES string of the molecule is CCNC(=O)[C@@H](Cc1ccccc1)N(Cc1ccccc1)C(=O)CN(c1cc(OC)ccc1OC)S(C)(=O)=O. The molecule has 1 atom stereocenters. The highest BCUT2D eigenvalue weighted by Gasteiger charge is 2.33. The van der Waals surface area contributed by atoms with Gasteiger partial charge in [-0.25, -0.2) is 8.42 Å². The van der Waals surface area contributed by atoms with Crippen molar-refractivity contribution >= 4 is 27.5 Å². The number of carbonyl (C=O) groups is 2. The number of methoxy groups -OCH3 is 2. The molecule has 0 fully saturated rings. The van der Waals surface area contributed by atoms with Gasteiger partial charge in [0.15, 0.2) is 0 Å². The van der Waals surface area contributed by atoms with Gasteiger partial charge >= 0.3 is 0 Å². The third-order valence-corrected chi connectivity index (χ3v) is 7.28. The van der Waals surface area contributed by atoms with Crippen LogP contribution in [0.3, 0.4) is 0 Å². The van der Waals surface area contributed by atoms with E-state index >= 15 is 0 Å². The van der Waals surface area contributed by atoms with Gasteiger partial charge in [-0.05, 0) is 30.2 Å². The summed E-state index contributed by atoms with van der Waals surface area (Å²) < 4.78 is 37.7. The van der Waals surface area contributed by atoms with Gasteiger partial charge in [-0.3, -0.25) is 13.9 Å². The summed E-state index contributed by atoms with van der Waals surface area (Å²) in [5.74, 6) is -0.206. The van der Waals surface area contributed by atoms with Crippen LogP contribution in [0.2, 0.25) is 0 Å². The average Bonchev–Trinajstić information content (AvgIpc) is 2.93. The van der Waals surface area contributed by atoms with E-state index in [1.807, 2.05) is 60.7 Å². The number of sulfonamides is 1. The fourth-order valence-corrected chi connectivity index (χ4v) is 5.06. The largest absolute Gasteiger partial charge is 0.497 e. The second-order valence-electron chi connectivity index (χ2n) is 8.91. The van der Waals surface area contributed by atoms with Crippen LogP contribution in [-0.2, 0) is 32.6 Å². The van der Waals surface area contributed by atoms with E-state index < -0.39 is 28.5 Å². The average molecular weight is 554 g/mol. The van der Waals surface area contributed by atoms with Crippen molar-refractivity contribution in [3.8, 4) is 11.5 Å². The van der Waals surface area contributed by atoms with E-state index in [-0.39, 0.29) is 30.3 Å². The number of nitrogens with zero attached hydrogens (tertiary/aromatic N) is 2. The van der Waals surface area contributed by atoms with Crippen molar-refractivity contribution in [3.63, 3.8) is 0 Å². The lowest BCUT2D eigenvalue weighted by Crippen LogP contribution is -2.53. The first-order chi connectivity index (χ1) is 18.7. The van der Waals surface area contributed by atoms with Crippen LogP contribution in [0.4, 0.5) is 5.69 Å². The number of nitrogens with one attached hydrogen (secondary N) is 1. The number of carbonyl (C=O) groups excluding carboxylic acids is 2. The van der Waals surface area contributed by atoms with Crippen molar-refractivity contribution < 1.29 is 27.5 Å². The first-order valence-corrected chi connectivity index (χ1v) is 14.4. The van der Waals surface area contributed by atoms with Crippen LogP contribution in [0.15, 0.2) is 78.9 Å². The van der Waals surface area contributed by atoms with E-state index in [0.29, 0.717) is 12.3 Å². The van der Waals surface area contributed by atoms with Crippen LogP contribution < -0.4 is 19.1 Å². The number of benzene rings is 3. The zero-order valence-corrected chi connectivity index (χ0v) is 23.5. The Morgan fingerprint density at radius 3 is 2.05 bits per heavy atom. The highest BCUT2D eigenvalue weighted by Crippen LogP contribution is 2.34. The molecule has 0 aromatic heterocycles. The molecule has 0 unspecified atom stereocenters.